The van der Waals surface area contributed by atoms with Gasteiger partial charge < -0.3 is 19.9 Å². The molecular formula is C23H37N3O3. The van der Waals surface area contributed by atoms with E-state index in [1.807, 2.05) is 30.3 Å². The average Bonchev–Trinajstić information content (AvgIpc) is 2.68. The highest BCUT2D eigenvalue weighted by Gasteiger charge is 2.29. The lowest BCUT2D eigenvalue weighted by atomic mass is 10.1. The third-order valence-corrected chi connectivity index (χ3v) is 5.03. The van der Waals surface area contributed by atoms with E-state index in [2.05, 4.69) is 36.9 Å². The molecule has 2 rings (SSSR count). The van der Waals surface area contributed by atoms with Crippen molar-refractivity contribution in [3.63, 3.8) is 0 Å². The molecule has 0 amide bonds. The van der Waals surface area contributed by atoms with E-state index in [0.717, 1.165) is 54.2 Å². The summed E-state index contributed by atoms with van der Waals surface area (Å²) < 4.78 is 16.6. The topological polar surface area (TPSA) is 60.2 Å². The van der Waals surface area contributed by atoms with Crippen molar-refractivity contribution in [2.75, 3.05) is 53.0 Å². The Bertz CT molecular complexity index is 700. The maximum atomic E-state index is 5.67. The Morgan fingerprint density at radius 2 is 1.97 bits per heavy atom. The first kappa shape index (κ1) is 23.2. The molecular weight excluding hydrogens is 366 g/mol. The maximum absolute atomic E-state index is 5.67. The lowest BCUT2D eigenvalue weighted by Crippen LogP contribution is -2.58. The number of hydrogen-bond acceptors (Lipinski definition) is 6. The molecule has 6 heteroatoms. The predicted octanol–water partition coefficient (Wildman–Crippen LogP) is 3.63. The number of nitrogens with zero attached hydrogens (tertiary/aromatic N) is 2. The van der Waals surface area contributed by atoms with Gasteiger partial charge in [-0.3, -0.25) is 9.80 Å². The molecule has 1 aliphatic heterocycles. The Morgan fingerprint density at radius 1 is 1.28 bits per heavy atom. The normalized spacial score (nSPS) is 15.4. The number of likely N-dealkylation sites (N-methyl/N-ethyl adjacent to an activating group) is 1. The van der Waals surface area contributed by atoms with Crippen LogP contribution in [0.5, 0.6) is 0 Å². The number of anilines is 1. The quantitative estimate of drug-likeness (QED) is 0.178. The van der Waals surface area contributed by atoms with E-state index in [4.69, 9.17) is 19.9 Å². The van der Waals surface area contributed by atoms with Crippen LogP contribution in [-0.4, -0.2) is 63.2 Å². The van der Waals surface area contributed by atoms with Crippen molar-refractivity contribution in [3.8, 4) is 0 Å². The van der Waals surface area contributed by atoms with Crippen LogP contribution in [0, 0.1) is 0 Å². The monoisotopic (exact) mass is 403 g/mol. The molecule has 2 N–H and O–H groups in total. The molecule has 0 aliphatic carbocycles. The molecule has 0 bridgehead atoms. The first-order valence-electron chi connectivity index (χ1n) is 9.97. The van der Waals surface area contributed by atoms with Crippen molar-refractivity contribution >= 4 is 5.69 Å². The lowest BCUT2D eigenvalue weighted by molar-refractivity contribution is -0.109. The molecule has 1 aromatic rings. The zero-order valence-electron chi connectivity index (χ0n) is 18.0. The minimum atomic E-state index is 0. The second-order valence-electron chi connectivity index (χ2n) is 7.47. The number of allylic oxidation sites excluding steroid dienone is 1. The number of methoxy groups -OCH3 is 1. The summed E-state index contributed by atoms with van der Waals surface area (Å²) in [5.74, 6) is 0.819. The van der Waals surface area contributed by atoms with Crippen LogP contribution in [0.2, 0.25) is 0 Å². The summed E-state index contributed by atoms with van der Waals surface area (Å²) in [5, 5.41) is 0. The number of ether oxygens (including phenoxy) is 3. The van der Waals surface area contributed by atoms with Crippen molar-refractivity contribution in [1.82, 2.24) is 9.80 Å². The molecule has 6 nitrogen and oxygen atoms in total. The number of benzene rings is 1. The lowest BCUT2D eigenvalue weighted by Gasteiger charge is -2.44. The Morgan fingerprint density at radius 3 is 2.59 bits per heavy atom. The molecule has 0 spiro atoms. The molecule has 1 aromatic carbocycles. The van der Waals surface area contributed by atoms with Crippen molar-refractivity contribution in [1.29, 1.82) is 0 Å². The van der Waals surface area contributed by atoms with Crippen LogP contribution in [-0.2, 0) is 20.8 Å². The summed E-state index contributed by atoms with van der Waals surface area (Å²) >= 11 is 0. The third-order valence-electron chi connectivity index (χ3n) is 5.03. The molecule has 29 heavy (non-hydrogen) atoms. The van der Waals surface area contributed by atoms with Gasteiger partial charge >= 0.3 is 0 Å². The fourth-order valence-corrected chi connectivity index (χ4v) is 3.07. The van der Waals surface area contributed by atoms with E-state index < -0.39 is 0 Å². The Labute approximate surface area is 176 Å². The summed E-state index contributed by atoms with van der Waals surface area (Å²) in [4.78, 5) is 4.57. The van der Waals surface area contributed by atoms with Gasteiger partial charge in [0.05, 0.1) is 13.7 Å². The molecule has 1 heterocycles. The number of hydrogen-bond donors (Lipinski definition) is 1. The molecule has 1 saturated heterocycles. The van der Waals surface area contributed by atoms with Gasteiger partial charge in [-0.15, -0.1) is 0 Å². The summed E-state index contributed by atoms with van der Waals surface area (Å²) in [6.07, 6.45) is 2.86. The van der Waals surface area contributed by atoms with Crippen LogP contribution in [0.25, 0.3) is 0 Å². The summed E-state index contributed by atoms with van der Waals surface area (Å²) in [6, 6.07) is 8.14. The molecule has 162 valence electrons. The van der Waals surface area contributed by atoms with E-state index in [9.17, 15) is 0 Å². The van der Waals surface area contributed by atoms with E-state index in [0.29, 0.717) is 19.4 Å². The number of nitrogens with two attached hydrogens (primary N) is 1. The third kappa shape index (κ3) is 7.66. The van der Waals surface area contributed by atoms with Gasteiger partial charge in [0.1, 0.15) is 19.3 Å². The van der Waals surface area contributed by atoms with Crippen LogP contribution >= 0.6 is 0 Å². The van der Waals surface area contributed by atoms with E-state index >= 15 is 0 Å². The van der Waals surface area contributed by atoms with Gasteiger partial charge in [-0.05, 0) is 48.4 Å². The average molecular weight is 404 g/mol. The molecule has 0 saturated carbocycles. The van der Waals surface area contributed by atoms with Crippen molar-refractivity contribution in [2.24, 2.45) is 0 Å². The van der Waals surface area contributed by atoms with Gasteiger partial charge in [0, 0.05) is 32.8 Å². The second kappa shape index (κ2) is 11.8. The second-order valence-corrected chi connectivity index (χ2v) is 7.47. The fourth-order valence-electron chi connectivity index (χ4n) is 3.07. The Kier molecular flexibility index (Phi) is 9.41. The number of nitrogen functional groups attached to an aromatic ring is 1. The fraction of sp³-hybridized carbons (Fsp3) is 0.478. The first-order chi connectivity index (χ1) is 13.9. The van der Waals surface area contributed by atoms with Gasteiger partial charge in [-0.2, -0.15) is 0 Å². The SMILES string of the molecule is C=C(/C=C(/OC)C(=C)CC)CN1CC(N(C)COCOCc2ccc(N)cc2)C1.[HH]. The van der Waals surface area contributed by atoms with Crippen LogP contribution in [0.15, 0.2) is 60.4 Å². The highest BCUT2D eigenvalue weighted by atomic mass is 16.7. The minimum absolute atomic E-state index is 0. The maximum Gasteiger partial charge on any atom is 0.148 e. The predicted molar refractivity (Wildman–Crippen MR) is 120 cm³/mol. The van der Waals surface area contributed by atoms with Gasteiger partial charge in [0.25, 0.3) is 0 Å². The van der Waals surface area contributed by atoms with E-state index in [-0.39, 0.29) is 8.22 Å². The molecule has 0 atom stereocenters. The van der Waals surface area contributed by atoms with Crippen molar-refractivity contribution < 1.29 is 15.6 Å². The van der Waals surface area contributed by atoms with E-state index in [1.165, 1.54) is 0 Å². The summed E-state index contributed by atoms with van der Waals surface area (Å²) in [6.45, 7) is 14.4. The van der Waals surface area contributed by atoms with Gasteiger partial charge in [-0.25, -0.2) is 0 Å². The van der Waals surface area contributed by atoms with Crippen LogP contribution < -0.4 is 5.73 Å². The zero-order chi connectivity index (χ0) is 21.2. The van der Waals surface area contributed by atoms with Crippen LogP contribution in [0.4, 0.5) is 5.69 Å². The largest absolute Gasteiger partial charge is 0.496 e. The van der Waals surface area contributed by atoms with Gasteiger partial charge in [0.15, 0.2) is 0 Å². The standard InChI is InChI=1S/C23H35N3O3.H2/c1-6-19(3)23(27-5)11-18(2)12-26-13-22(14-26)25(4)16-29-17-28-15-20-7-9-21(24)10-8-20;/h7-11,22H,2-3,6,12-17,24H2,1,4-5H3;1H/b23-11+;. The smallest absolute Gasteiger partial charge is 0.148 e. The van der Waals surface area contributed by atoms with Crippen molar-refractivity contribution in [2.45, 2.75) is 26.0 Å². The molecule has 1 fully saturated rings. The summed E-state index contributed by atoms with van der Waals surface area (Å²) in [7, 11) is 3.75. The Balaban J connectivity index is 0.00000450. The van der Waals surface area contributed by atoms with Crippen LogP contribution in [0.1, 0.15) is 20.3 Å². The minimum Gasteiger partial charge on any atom is -0.496 e. The number of rotatable bonds is 13. The van der Waals surface area contributed by atoms with Crippen LogP contribution in [0.3, 0.4) is 0 Å². The summed E-state index contributed by atoms with van der Waals surface area (Å²) in [5.41, 5.74) is 9.54. The van der Waals surface area contributed by atoms with Crippen molar-refractivity contribution in [3.05, 3.63) is 66.0 Å². The highest BCUT2D eigenvalue weighted by Crippen LogP contribution is 2.18. The van der Waals surface area contributed by atoms with E-state index in [1.54, 1.807) is 7.11 Å². The first-order valence-corrected chi connectivity index (χ1v) is 9.97. The van der Waals surface area contributed by atoms with Gasteiger partial charge in [0.2, 0.25) is 0 Å². The molecule has 0 aromatic heterocycles. The molecule has 0 unspecified atom stereocenters. The highest BCUT2D eigenvalue weighted by molar-refractivity contribution is 5.39. The number of likely N-dealkylation sites (tertiary alicyclic amines) is 1. The molecule has 0 radical (unpaired) electrons. The molecule has 1 aliphatic rings. The van der Waals surface area contributed by atoms with Gasteiger partial charge in [-0.1, -0.05) is 32.2 Å². The zero-order valence-corrected chi connectivity index (χ0v) is 18.0. The Hall–Kier alpha value is -2.12.